The molecule has 3 nitrogen and oxygen atoms in total. The van der Waals surface area contributed by atoms with Crippen LogP contribution in [0.4, 0.5) is 0 Å². The van der Waals surface area contributed by atoms with Gasteiger partial charge in [-0.1, -0.05) is 46.3 Å². The second-order valence-electron chi connectivity index (χ2n) is 4.37. The summed E-state index contributed by atoms with van der Waals surface area (Å²) in [5.41, 5.74) is 7.92. The van der Waals surface area contributed by atoms with Crippen molar-refractivity contribution in [2.75, 3.05) is 0 Å². The number of hydrogen-bond donors (Lipinski definition) is 2. The molecule has 2 aromatic rings. The summed E-state index contributed by atoms with van der Waals surface area (Å²) in [6, 6.07) is 12.9. The number of rotatable bonds is 4. The number of benzene rings is 2. The number of nitrogens with two attached hydrogens (primary N) is 1. The quantitative estimate of drug-likeness (QED) is 0.730. The minimum atomic E-state index is -0.143. The number of nitrogens with one attached hydrogen (secondary N) is 1. The number of carbonyl (C=O) groups excluding carboxylic acids is 1. The molecule has 0 heterocycles. The van der Waals surface area contributed by atoms with Crippen LogP contribution in [0.3, 0.4) is 0 Å². The van der Waals surface area contributed by atoms with Gasteiger partial charge in [0.25, 0.3) is 5.91 Å². The molecule has 6 heteroatoms. The summed E-state index contributed by atoms with van der Waals surface area (Å²) in [6.07, 6.45) is 0. The Hall–Kier alpha value is -1.24. The minimum absolute atomic E-state index is 0.143. The van der Waals surface area contributed by atoms with Gasteiger partial charge in [-0.3, -0.25) is 4.79 Å². The fourth-order valence-electron chi connectivity index (χ4n) is 1.79. The Morgan fingerprint density at radius 1 is 1.19 bits per heavy atom. The molecular formula is C15H12Br2N2OS. The van der Waals surface area contributed by atoms with E-state index in [1.54, 1.807) is 6.07 Å². The van der Waals surface area contributed by atoms with E-state index in [1.807, 2.05) is 36.4 Å². The van der Waals surface area contributed by atoms with Crippen molar-refractivity contribution in [2.24, 2.45) is 5.73 Å². The van der Waals surface area contributed by atoms with Crippen LogP contribution in [0.15, 0.2) is 51.4 Å². The smallest absolute Gasteiger partial charge is 0.252 e. The average Bonchev–Trinajstić information content (AvgIpc) is 2.45. The van der Waals surface area contributed by atoms with Crippen LogP contribution in [-0.2, 0) is 6.54 Å². The van der Waals surface area contributed by atoms with E-state index in [4.69, 9.17) is 18.0 Å². The third-order valence-electron chi connectivity index (χ3n) is 2.84. The Morgan fingerprint density at radius 2 is 1.95 bits per heavy atom. The normalized spacial score (nSPS) is 10.2. The molecule has 0 aromatic heterocycles. The Kier molecular flexibility index (Phi) is 5.50. The molecule has 0 bridgehead atoms. The fraction of sp³-hybridized carbons (Fsp3) is 0.0667. The molecular weight excluding hydrogens is 416 g/mol. The summed E-state index contributed by atoms with van der Waals surface area (Å²) in [5, 5.41) is 2.87. The van der Waals surface area contributed by atoms with Gasteiger partial charge in [0.1, 0.15) is 4.99 Å². The standard InChI is InChI=1S/C15H12Br2N2OS/c16-11-4-5-12(13(17)7-11)15(20)19-8-9-2-1-3-10(6-9)14(18)21/h1-7H,8H2,(H2,18,21)(H,19,20). The first kappa shape index (κ1) is 16.1. The highest BCUT2D eigenvalue weighted by atomic mass is 79.9. The van der Waals surface area contributed by atoms with E-state index in [1.165, 1.54) is 0 Å². The van der Waals surface area contributed by atoms with Crippen molar-refractivity contribution in [3.63, 3.8) is 0 Å². The summed E-state index contributed by atoms with van der Waals surface area (Å²) in [4.78, 5) is 12.5. The van der Waals surface area contributed by atoms with Crippen molar-refractivity contribution in [1.29, 1.82) is 0 Å². The second kappa shape index (κ2) is 7.15. The van der Waals surface area contributed by atoms with Crippen LogP contribution in [0.1, 0.15) is 21.5 Å². The molecule has 0 radical (unpaired) electrons. The van der Waals surface area contributed by atoms with Crippen molar-refractivity contribution < 1.29 is 4.79 Å². The third kappa shape index (κ3) is 4.36. The van der Waals surface area contributed by atoms with Crippen LogP contribution in [0.5, 0.6) is 0 Å². The molecule has 0 saturated heterocycles. The second-order valence-corrected chi connectivity index (χ2v) is 6.58. The average molecular weight is 428 g/mol. The van der Waals surface area contributed by atoms with Crippen LogP contribution >= 0.6 is 44.1 Å². The van der Waals surface area contributed by atoms with Gasteiger partial charge in [0, 0.05) is 21.1 Å². The van der Waals surface area contributed by atoms with Gasteiger partial charge in [-0.25, -0.2) is 0 Å². The number of halogens is 2. The maximum atomic E-state index is 12.2. The topological polar surface area (TPSA) is 55.1 Å². The lowest BCUT2D eigenvalue weighted by Crippen LogP contribution is -2.23. The molecule has 1 amide bonds. The molecule has 0 aliphatic rings. The molecule has 0 atom stereocenters. The van der Waals surface area contributed by atoms with Crippen LogP contribution in [0.25, 0.3) is 0 Å². The Bertz CT molecular complexity index is 704. The molecule has 2 rings (SSSR count). The monoisotopic (exact) mass is 426 g/mol. The summed E-state index contributed by atoms with van der Waals surface area (Å²) < 4.78 is 1.65. The molecule has 2 aromatic carbocycles. The first-order chi connectivity index (χ1) is 9.97. The zero-order valence-corrected chi connectivity index (χ0v) is 14.9. The third-order valence-corrected chi connectivity index (χ3v) is 4.23. The first-order valence-corrected chi connectivity index (χ1v) is 8.09. The Labute approximate surface area is 145 Å². The predicted octanol–water partition coefficient (Wildman–Crippen LogP) is 3.78. The van der Waals surface area contributed by atoms with Gasteiger partial charge in [0.2, 0.25) is 0 Å². The van der Waals surface area contributed by atoms with E-state index in [0.717, 1.165) is 20.1 Å². The van der Waals surface area contributed by atoms with Gasteiger partial charge < -0.3 is 11.1 Å². The Balaban J connectivity index is 2.07. The maximum absolute atomic E-state index is 12.2. The van der Waals surface area contributed by atoms with Gasteiger partial charge in [-0.05, 0) is 45.8 Å². The van der Waals surface area contributed by atoms with Gasteiger partial charge in [-0.15, -0.1) is 0 Å². The van der Waals surface area contributed by atoms with E-state index in [0.29, 0.717) is 17.1 Å². The molecule has 3 N–H and O–H groups in total. The van der Waals surface area contributed by atoms with Crippen LogP contribution in [0, 0.1) is 0 Å². The highest BCUT2D eigenvalue weighted by molar-refractivity contribution is 9.11. The van der Waals surface area contributed by atoms with Gasteiger partial charge in [0.05, 0.1) is 5.56 Å². The van der Waals surface area contributed by atoms with Crippen molar-refractivity contribution in [3.05, 3.63) is 68.1 Å². The van der Waals surface area contributed by atoms with Gasteiger partial charge in [-0.2, -0.15) is 0 Å². The molecule has 0 fully saturated rings. The lowest BCUT2D eigenvalue weighted by Gasteiger charge is -2.08. The molecule has 108 valence electrons. The Morgan fingerprint density at radius 3 is 2.62 bits per heavy atom. The highest BCUT2D eigenvalue weighted by Crippen LogP contribution is 2.21. The van der Waals surface area contributed by atoms with Crippen molar-refractivity contribution >= 4 is 55.0 Å². The molecule has 0 spiro atoms. The van der Waals surface area contributed by atoms with E-state index in [2.05, 4.69) is 37.2 Å². The molecule has 0 unspecified atom stereocenters. The van der Waals surface area contributed by atoms with Crippen LogP contribution < -0.4 is 11.1 Å². The number of amides is 1. The first-order valence-electron chi connectivity index (χ1n) is 6.09. The predicted molar refractivity (Wildman–Crippen MR) is 95.3 cm³/mol. The lowest BCUT2D eigenvalue weighted by atomic mass is 10.1. The van der Waals surface area contributed by atoms with Crippen molar-refractivity contribution in [2.45, 2.75) is 6.54 Å². The summed E-state index contributed by atoms with van der Waals surface area (Å²) in [5.74, 6) is -0.143. The van der Waals surface area contributed by atoms with E-state index in [-0.39, 0.29) is 5.91 Å². The van der Waals surface area contributed by atoms with Gasteiger partial charge in [0.15, 0.2) is 0 Å². The molecule has 0 aliphatic carbocycles. The summed E-state index contributed by atoms with van der Waals surface area (Å²) in [7, 11) is 0. The lowest BCUT2D eigenvalue weighted by molar-refractivity contribution is 0.0950. The van der Waals surface area contributed by atoms with Crippen molar-refractivity contribution in [1.82, 2.24) is 5.32 Å². The molecule has 0 aliphatic heterocycles. The van der Waals surface area contributed by atoms with Crippen LogP contribution in [-0.4, -0.2) is 10.9 Å². The number of hydrogen-bond acceptors (Lipinski definition) is 2. The maximum Gasteiger partial charge on any atom is 0.252 e. The van der Waals surface area contributed by atoms with Gasteiger partial charge >= 0.3 is 0 Å². The zero-order chi connectivity index (χ0) is 15.4. The minimum Gasteiger partial charge on any atom is -0.389 e. The molecule has 0 saturated carbocycles. The largest absolute Gasteiger partial charge is 0.389 e. The number of thiocarbonyl (C=S) groups is 1. The SMILES string of the molecule is NC(=S)c1cccc(CNC(=O)c2ccc(Br)cc2Br)c1. The highest BCUT2D eigenvalue weighted by Gasteiger charge is 2.10. The fourth-order valence-corrected chi connectivity index (χ4v) is 3.14. The van der Waals surface area contributed by atoms with E-state index < -0.39 is 0 Å². The number of carbonyl (C=O) groups is 1. The summed E-state index contributed by atoms with van der Waals surface area (Å²) in [6.45, 7) is 0.414. The zero-order valence-electron chi connectivity index (χ0n) is 10.9. The van der Waals surface area contributed by atoms with E-state index in [9.17, 15) is 4.79 Å². The van der Waals surface area contributed by atoms with Crippen molar-refractivity contribution in [3.8, 4) is 0 Å². The summed E-state index contributed by atoms with van der Waals surface area (Å²) >= 11 is 11.7. The van der Waals surface area contributed by atoms with E-state index >= 15 is 0 Å². The molecule has 21 heavy (non-hydrogen) atoms. The van der Waals surface area contributed by atoms with Crippen LogP contribution in [0.2, 0.25) is 0 Å².